The number of aromatic nitrogens is 3. The van der Waals surface area contributed by atoms with Crippen LogP contribution in [0, 0.1) is 5.92 Å². The fourth-order valence-electron chi connectivity index (χ4n) is 3.08. The van der Waals surface area contributed by atoms with E-state index >= 15 is 0 Å². The van der Waals surface area contributed by atoms with Gasteiger partial charge in [0.05, 0.1) is 5.39 Å². The van der Waals surface area contributed by atoms with Crippen molar-refractivity contribution in [3.05, 3.63) is 31.2 Å². The Morgan fingerprint density at radius 2 is 2.40 bits per heavy atom. The van der Waals surface area contributed by atoms with Crippen molar-refractivity contribution in [2.45, 2.75) is 19.4 Å². The highest BCUT2D eigenvalue weighted by Gasteiger charge is 2.24. The van der Waals surface area contributed by atoms with Gasteiger partial charge in [0.1, 0.15) is 17.8 Å². The summed E-state index contributed by atoms with van der Waals surface area (Å²) in [6.07, 6.45) is 6.65. The van der Waals surface area contributed by atoms with Crippen molar-refractivity contribution < 1.29 is 0 Å². The number of nitrogens with zero attached hydrogens (tertiary/aromatic N) is 3. The third-order valence-corrected chi connectivity index (χ3v) is 3.82. The van der Waals surface area contributed by atoms with E-state index in [0.29, 0.717) is 12.0 Å². The Morgan fingerprint density at radius 1 is 1.50 bits per heavy atom. The molecule has 1 aliphatic rings. The van der Waals surface area contributed by atoms with Gasteiger partial charge in [0.15, 0.2) is 0 Å². The lowest BCUT2D eigenvalue weighted by molar-refractivity contribution is 0.188. The first-order valence-electron chi connectivity index (χ1n) is 7.14. The van der Waals surface area contributed by atoms with Gasteiger partial charge in [-0.3, -0.25) is 4.90 Å². The zero-order valence-corrected chi connectivity index (χ0v) is 11.8. The summed E-state index contributed by atoms with van der Waals surface area (Å²) >= 11 is 0. The Balaban J connectivity index is 1.76. The lowest BCUT2D eigenvalue weighted by atomic mass is 9.96. The van der Waals surface area contributed by atoms with E-state index in [0.717, 1.165) is 36.5 Å². The molecule has 0 radical (unpaired) electrons. The molecule has 106 valence electrons. The number of hydrogen-bond donors (Lipinski definition) is 2. The first-order chi connectivity index (χ1) is 9.76. The second-order valence-electron chi connectivity index (χ2n) is 5.65. The Hall–Kier alpha value is -1.88. The molecule has 0 spiro atoms. The first-order valence-corrected chi connectivity index (χ1v) is 7.14. The van der Waals surface area contributed by atoms with E-state index in [1.54, 1.807) is 6.33 Å². The number of H-pyrrole nitrogens is 1. The molecule has 2 aromatic heterocycles. The van der Waals surface area contributed by atoms with Crippen molar-refractivity contribution in [2.24, 2.45) is 5.92 Å². The summed E-state index contributed by atoms with van der Waals surface area (Å²) in [6, 6.07) is 2.44. The molecular weight excluding hydrogens is 250 g/mol. The van der Waals surface area contributed by atoms with Crippen molar-refractivity contribution in [2.75, 3.05) is 25.0 Å². The van der Waals surface area contributed by atoms with E-state index < -0.39 is 0 Å². The summed E-state index contributed by atoms with van der Waals surface area (Å²) in [5, 5.41) is 4.64. The average Bonchev–Trinajstić information content (AvgIpc) is 2.88. The highest BCUT2D eigenvalue weighted by Crippen LogP contribution is 2.23. The van der Waals surface area contributed by atoms with Crippen LogP contribution >= 0.6 is 0 Å². The molecule has 5 nitrogen and oxygen atoms in total. The van der Waals surface area contributed by atoms with Crippen molar-refractivity contribution in [3.63, 3.8) is 0 Å². The molecule has 2 N–H and O–H groups in total. The van der Waals surface area contributed by atoms with Crippen molar-refractivity contribution in [1.82, 2.24) is 19.9 Å². The lowest BCUT2D eigenvalue weighted by Gasteiger charge is -2.36. The van der Waals surface area contributed by atoms with E-state index in [1.807, 2.05) is 18.3 Å². The summed E-state index contributed by atoms with van der Waals surface area (Å²) in [5.74, 6) is 1.61. The molecule has 1 saturated heterocycles. The van der Waals surface area contributed by atoms with E-state index in [-0.39, 0.29) is 0 Å². The van der Waals surface area contributed by atoms with Crippen molar-refractivity contribution >= 4 is 16.9 Å². The standard InChI is InChI=1S/C15H21N5/c1-3-6-20-8-11(2)7-12(9-20)19-15-13-4-5-16-14(13)17-10-18-15/h3-5,10-12H,1,6-9H2,2H3,(H2,16,17,18,19)/t11-,12-/m1/s1. The minimum atomic E-state index is 0.423. The summed E-state index contributed by atoms with van der Waals surface area (Å²) in [5.41, 5.74) is 0.884. The van der Waals surface area contributed by atoms with Crippen molar-refractivity contribution in [1.29, 1.82) is 0 Å². The molecule has 5 heteroatoms. The first kappa shape index (κ1) is 13.1. The second-order valence-corrected chi connectivity index (χ2v) is 5.65. The van der Waals surface area contributed by atoms with Gasteiger partial charge in [0.2, 0.25) is 0 Å². The van der Waals surface area contributed by atoms with Crippen LogP contribution in [-0.4, -0.2) is 45.5 Å². The van der Waals surface area contributed by atoms with Crippen LogP contribution in [0.3, 0.4) is 0 Å². The van der Waals surface area contributed by atoms with E-state index in [2.05, 4.69) is 38.7 Å². The topological polar surface area (TPSA) is 56.8 Å². The van der Waals surface area contributed by atoms with Gasteiger partial charge in [-0.05, 0) is 18.4 Å². The number of rotatable bonds is 4. The van der Waals surface area contributed by atoms with E-state index in [9.17, 15) is 0 Å². The van der Waals surface area contributed by atoms with Gasteiger partial charge < -0.3 is 10.3 Å². The summed E-state index contributed by atoms with van der Waals surface area (Å²) < 4.78 is 0. The highest BCUT2D eigenvalue weighted by atomic mass is 15.2. The molecule has 2 aromatic rings. The number of nitrogens with one attached hydrogen (secondary N) is 2. The SMILES string of the molecule is C=CCN1C[C@H](C)C[C@@H](Nc2ncnc3[nH]ccc23)C1. The zero-order valence-electron chi connectivity index (χ0n) is 11.8. The van der Waals surface area contributed by atoms with E-state index in [1.165, 1.54) is 6.42 Å². The number of likely N-dealkylation sites (tertiary alicyclic amines) is 1. The fraction of sp³-hybridized carbons (Fsp3) is 0.467. The van der Waals surface area contributed by atoms with Gasteiger partial charge in [0, 0.05) is 31.9 Å². The Kier molecular flexibility index (Phi) is 3.69. The molecule has 0 aromatic carbocycles. The van der Waals surface area contributed by atoms with Gasteiger partial charge in [-0.25, -0.2) is 9.97 Å². The molecule has 3 heterocycles. The van der Waals surface area contributed by atoms with Crippen molar-refractivity contribution in [3.8, 4) is 0 Å². The molecule has 1 aliphatic heterocycles. The van der Waals surface area contributed by atoms with Crippen LogP contribution in [0.25, 0.3) is 11.0 Å². The summed E-state index contributed by atoms with van der Waals surface area (Å²) in [6.45, 7) is 9.27. The molecule has 0 bridgehead atoms. The highest BCUT2D eigenvalue weighted by molar-refractivity contribution is 5.86. The molecule has 2 atom stereocenters. The van der Waals surface area contributed by atoms with Gasteiger partial charge in [-0.1, -0.05) is 13.0 Å². The molecule has 0 amide bonds. The van der Waals surface area contributed by atoms with Crippen LogP contribution in [0.15, 0.2) is 31.2 Å². The second kappa shape index (κ2) is 5.63. The predicted molar refractivity (Wildman–Crippen MR) is 81.7 cm³/mol. The Labute approximate surface area is 119 Å². The van der Waals surface area contributed by atoms with Crippen LogP contribution in [0.4, 0.5) is 5.82 Å². The molecule has 1 fully saturated rings. The molecule has 3 rings (SSSR count). The van der Waals surface area contributed by atoms with Gasteiger partial charge in [0.25, 0.3) is 0 Å². The predicted octanol–water partition coefficient (Wildman–Crippen LogP) is 2.27. The van der Waals surface area contributed by atoms with E-state index in [4.69, 9.17) is 0 Å². The largest absolute Gasteiger partial charge is 0.365 e. The number of aromatic amines is 1. The minimum absolute atomic E-state index is 0.423. The van der Waals surface area contributed by atoms with Gasteiger partial charge in [-0.2, -0.15) is 0 Å². The maximum absolute atomic E-state index is 4.39. The van der Waals surface area contributed by atoms with Crippen LogP contribution in [0.5, 0.6) is 0 Å². The Morgan fingerprint density at radius 3 is 3.25 bits per heavy atom. The van der Waals surface area contributed by atoms with Crippen LogP contribution in [0.1, 0.15) is 13.3 Å². The maximum atomic E-state index is 4.39. The van der Waals surface area contributed by atoms with Crippen LogP contribution < -0.4 is 5.32 Å². The number of piperidine rings is 1. The lowest BCUT2D eigenvalue weighted by Crippen LogP contribution is -2.45. The monoisotopic (exact) mass is 271 g/mol. The fourth-order valence-corrected chi connectivity index (χ4v) is 3.08. The molecule has 0 saturated carbocycles. The smallest absolute Gasteiger partial charge is 0.142 e. The third-order valence-electron chi connectivity index (χ3n) is 3.82. The number of anilines is 1. The molecule has 20 heavy (non-hydrogen) atoms. The number of hydrogen-bond acceptors (Lipinski definition) is 4. The third kappa shape index (κ3) is 2.67. The summed E-state index contributed by atoms with van der Waals surface area (Å²) in [4.78, 5) is 14.2. The van der Waals surface area contributed by atoms with Crippen LogP contribution in [-0.2, 0) is 0 Å². The minimum Gasteiger partial charge on any atom is -0.365 e. The van der Waals surface area contributed by atoms with Gasteiger partial charge in [-0.15, -0.1) is 6.58 Å². The normalized spacial score (nSPS) is 23.9. The zero-order chi connectivity index (χ0) is 13.9. The molecule has 0 aliphatic carbocycles. The number of fused-ring (bicyclic) bond motifs is 1. The van der Waals surface area contributed by atoms with Crippen LogP contribution in [0.2, 0.25) is 0 Å². The molecular formula is C15H21N5. The summed E-state index contributed by atoms with van der Waals surface area (Å²) in [7, 11) is 0. The molecule has 0 unspecified atom stereocenters. The quantitative estimate of drug-likeness (QED) is 0.838. The Bertz CT molecular complexity index is 591. The maximum Gasteiger partial charge on any atom is 0.142 e. The average molecular weight is 271 g/mol. The van der Waals surface area contributed by atoms with Gasteiger partial charge >= 0.3 is 0 Å².